The Kier molecular flexibility index (Phi) is 6.62. The van der Waals surface area contributed by atoms with Crippen LogP contribution in [0.1, 0.15) is 12.8 Å². The number of nitrogens with one attached hydrogen (secondary N) is 2. The SMILES string of the molecule is CN1CCN(c2ccc(NC(=O)C3CCNCC3)cn2)CC1.Cl. The van der Waals surface area contributed by atoms with Crippen LogP contribution in [0.4, 0.5) is 11.5 Å². The Morgan fingerprint density at radius 3 is 2.52 bits per heavy atom. The van der Waals surface area contributed by atoms with Gasteiger partial charge >= 0.3 is 0 Å². The van der Waals surface area contributed by atoms with E-state index < -0.39 is 0 Å². The van der Waals surface area contributed by atoms with Crippen LogP contribution in [-0.4, -0.2) is 62.1 Å². The average Bonchev–Trinajstić information content (AvgIpc) is 2.57. The molecule has 3 heterocycles. The number of rotatable bonds is 3. The summed E-state index contributed by atoms with van der Waals surface area (Å²) in [4.78, 5) is 21.3. The van der Waals surface area contributed by atoms with Gasteiger partial charge in [0.05, 0.1) is 11.9 Å². The van der Waals surface area contributed by atoms with E-state index in [4.69, 9.17) is 0 Å². The summed E-state index contributed by atoms with van der Waals surface area (Å²) in [7, 11) is 2.14. The van der Waals surface area contributed by atoms with Gasteiger partial charge in [-0.1, -0.05) is 0 Å². The molecule has 0 atom stereocenters. The highest BCUT2D eigenvalue weighted by atomic mass is 35.5. The fourth-order valence-electron chi connectivity index (χ4n) is 3.01. The van der Waals surface area contributed by atoms with Gasteiger partial charge in [0.25, 0.3) is 0 Å². The van der Waals surface area contributed by atoms with E-state index in [2.05, 4.69) is 32.5 Å². The van der Waals surface area contributed by atoms with Crippen LogP contribution in [0.5, 0.6) is 0 Å². The highest BCUT2D eigenvalue weighted by Crippen LogP contribution is 2.18. The van der Waals surface area contributed by atoms with Gasteiger partial charge in [-0.2, -0.15) is 0 Å². The first-order valence-corrected chi connectivity index (χ1v) is 8.13. The molecule has 2 aliphatic rings. The van der Waals surface area contributed by atoms with E-state index in [1.165, 1.54) is 0 Å². The van der Waals surface area contributed by atoms with Crippen molar-refractivity contribution >= 4 is 29.8 Å². The minimum Gasteiger partial charge on any atom is -0.354 e. The number of piperazine rings is 1. The van der Waals surface area contributed by atoms with Gasteiger partial charge in [-0.05, 0) is 45.1 Å². The first-order chi connectivity index (χ1) is 10.7. The third-order valence-corrected chi connectivity index (χ3v) is 4.55. The molecule has 1 aromatic heterocycles. The normalized spacial score (nSPS) is 20.0. The topological polar surface area (TPSA) is 60.5 Å². The van der Waals surface area contributed by atoms with Crippen molar-refractivity contribution in [2.24, 2.45) is 5.92 Å². The molecule has 6 nitrogen and oxygen atoms in total. The number of hydrogen-bond donors (Lipinski definition) is 2. The van der Waals surface area contributed by atoms with Crippen molar-refractivity contribution in [1.29, 1.82) is 0 Å². The lowest BCUT2D eigenvalue weighted by Crippen LogP contribution is -2.44. The molecule has 0 unspecified atom stereocenters. The number of likely N-dealkylation sites (N-methyl/N-ethyl adjacent to an activating group) is 1. The number of piperidine rings is 1. The minimum absolute atomic E-state index is 0. The molecule has 1 amide bonds. The molecule has 0 bridgehead atoms. The molecular formula is C16H26ClN5O. The number of nitrogens with zero attached hydrogens (tertiary/aromatic N) is 3. The molecule has 23 heavy (non-hydrogen) atoms. The van der Waals surface area contributed by atoms with Gasteiger partial charge in [0.2, 0.25) is 5.91 Å². The fourth-order valence-corrected chi connectivity index (χ4v) is 3.01. The summed E-state index contributed by atoms with van der Waals surface area (Å²) in [5, 5.41) is 6.27. The van der Waals surface area contributed by atoms with E-state index in [9.17, 15) is 4.79 Å². The average molecular weight is 340 g/mol. The number of pyridine rings is 1. The molecule has 1 aromatic rings. The summed E-state index contributed by atoms with van der Waals surface area (Å²) >= 11 is 0. The molecule has 2 aliphatic heterocycles. The molecule has 0 aliphatic carbocycles. The first kappa shape index (κ1) is 18.0. The molecule has 2 fully saturated rings. The lowest BCUT2D eigenvalue weighted by Gasteiger charge is -2.33. The second-order valence-electron chi connectivity index (χ2n) is 6.21. The molecule has 3 rings (SSSR count). The summed E-state index contributed by atoms with van der Waals surface area (Å²) in [5.41, 5.74) is 0.793. The molecule has 2 saturated heterocycles. The second kappa shape index (κ2) is 8.47. The summed E-state index contributed by atoms with van der Waals surface area (Å²) in [5.74, 6) is 1.24. The van der Waals surface area contributed by atoms with Crippen molar-refractivity contribution in [2.75, 3.05) is 56.5 Å². The number of aromatic nitrogens is 1. The minimum atomic E-state index is 0. The zero-order valence-electron chi connectivity index (χ0n) is 13.6. The van der Waals surface area contributed by atoms with Crippen molar-refractivity contribution in [3.8, 4) is 0 Å². The van der Waals surface area contributed by atoms with Gasteiger partial charge in [-0.3, -0.25) is 4.79 Å². The van der Waals surface area contributed by atoms with Gasteiger partial charge in [-0.15, -0.1) is 12.4 Å². The quantitative estimate of drug-likeness (QED) is 0.866. The molecule has 7 heteroatoms. The predicted octanol–water partition coefficient (Wildman–Crippen LogP) is 1.19. The van der Waals surface area contributed by atoms with Crippen molar-refractivity contribution in [2.45, 2.75) is 12.8 Å². The number of carbonyl (C=O) groups is 1. The summed E-state index contributed by atoms with van der Waals surface area (Å²) in [6, 6.07) is 3.96. The Morgan fingerprint density at radius 2 is 1.91 bits per heavy atom. The van der Waals surface area contributed by atoms with Crippen molar-refractivity contribution < 1.29 is 4.79 Å². The van der Waals surface area contributed by atoms with E-state index >= 15 is 0 Å². The lowest BCUT2D eigenvalue weighted by molar-refractivity contribution is -0.120. The Morgan fingerprint density at radius 1 is 1.22 bits per heavy atom. The van der Waals surface area contributed by atoms with E-state index in [0.717, 1.165) is 63.6 Å². The van der Waals surface area contributed by atoms with Crippen LogP contribution in [0.2, 0.25) is 0 Å². The monoisotopic (exact) mass is 339 g/mol. The van der Waals surface area contributed by atoms with Gasteiger partial charge in [0, 0.05) is 32.1 Å². The summed E-state index contributed by atoms with van der Waals surface area (Å²) in [6.45, 7) is 6.00. The summed E-state index contributed by atoms with van der Waals surface area (Å²) < 4.78 is 0. The number of halogens is 1. The Balaban J connectivity index is 0.00000192. The first-order valence-electron chi connectivity index (χ1n) is 8.13. The Labute approximate surface area is 144 Å². The van der Waals surface area contributed by atoms with Crippen LogP contribution in [0.15, 0.2) is 18.3 Å². The van der Waals surface area contributed by atoms with E-state index in [1.807, 2.05) is 12.1 Å². The van der Waals surface area contributed by atoms with E-state index in [0.29, 0.717) is 0 Å². The standard InChI is InChI=1S/C16H25N5O.ClH/c1-20-8-10-21(11-9-20)15-3-2-14(12-18-15)19-16(22)13-4-6-17-7-5-13;/h2-3,12-13,17H,4-11H2,1H3,(H,19,22);1H. The van der Waals surface area contributed by atoms with Gasteiger partial charge < -0.3 is 20.4 Å². The predicted molar refractivity (Wildman–Crippen MR) is 95.4 cm³/mol. The Hall–Kier alpha value is -1.37. The molecule has 2 N–H and O–H groups in total. The third-order valence-electron chi connectivity index (χ3n) is 4.55. The summed E-state index contributed by atoms with van der Waals surface area (Å²) in [6.07, 6.45) is 3.60. The zero-order valence-corrected chi connectivity index (χ0v) is 14.4. The van der Waals surface area contributed by atoms with E-state index in [1.54, 1.807) is 6.20 Å². The molecular weight excluding hydrogens is 314 g/mol. The van der Waals surface area contributed by atoms with Gasteiger partial charge in [0.1, 0.15) is 5.82 Å². The molecule has 0 saturated carbocycles. The molecule has 0 spiro atoms. The van der Waals surface area contributed by atoms with Crippen molar-refractivity contribution in [1.82, 2.24) is 15.2 Å². The maximum absolute atomic E-state index is 12.2. The maximum atomic E-state index is 12.2. The third kappa shape index (κ3) is 4.80. The fraction of sp³-hybridized carbons (Fsp3) is 0.625. The number of anilines is 2. The second-order valence-corrected chi connectivity index (χ2v) is 6.21. The molecule has 0 aromatic carbocycles. The van der Waals surface area contributed by atoms with Crippen LogP contribution in [0.3, 0.4) is 0 Å². The zero-order chi connectivity index (χ0) is 15.4. The van der Waals surface area contributed by atoms with E-state index in [-0.39, 0.29) is 24.2 Å². The van der Waals surface area contributed by atoms with Crippen molar-refractivity contribution in [3.63, 3.8) is 0 Å². The van der Waals surface area contributed by atoms with Crippen LogP contribution in [0.25, 0.3) is 0 Å². The van der Waals surface area contributed by atoms with Crippen molar-refractivity contribution in [3.05, 3.63) is 18.3 Å². The van der Waals surface area contributed by atoms with Crippen LogP contribution >= 0.6 is 12.4 Å². The largest absolute Gasteiger partial charge is 0.354 e. The smallest absolute Gasteiger partial charge is 0.227 e. The number of amides is 1. The highest BCUT2D eigenvalue weighted by Gasteiger charge is 2.21. The molecule has 0 radical (unpaired) electrons. The number of carbonyl (C=O) groups excluding carboxylic acids is 1. The highest BCUT2D eigenvalue weighted by molar-refractivity contribution is 5.92. The lowest BCUT2D eigenvalue weighted by atomic mass is 9.97. The van der Waals surface area contributed by atoms with Gasteiger partial charge in [-0.25, -0.2) is 4.98 Å². The van der Waals surface area contributed by atoms with Crippen LogP contribution in [0, 0.1) is 5.92 Å². The maximum Gasteiger partial charge on any atom is 0.227 e. The number of hydrogen-bond acceptors (Lipinski definition) is 5. The van der Waals surface area contributed by atoms with Crippen LogP contribution < -0.4 is 15.5 Å². The molecule has 128 valence electrons. The van der Waals surface area contributed by atoms with Gasteiger partial charge in [0.15, 0.2) is 0 Å². The Bertz CT molecular complexity index is 496. The van der Waals surface area contributed by atoms with Crippen LogP contribution in [-0.2, 0) is 4.79 Å².